The van der Waals surface area contributed by atoms with E-state index in [4.69, 9.17) is 5.73 Å². The number of primary amides is 1. The van der Waals surface area contributed by atoms with E-state index in [2.05, 4.69) is 27.0 Å². The highest BCUT2D eigenvalue weighted by Gasteiger charge is 2.41. The molecule has 1 heterocycles. The number of aliphatic hydroxyl groups is 2. The first kappa shape index (κ1) is 39.6. The number of benzene rings is 1. The van der Waals surface area contributed by atoms with Gasteiger partial charge in [0.25, 0.3) is 5.91 Å². The normalized spacial score (nSPS) is 18.1. The minimum atomic E-state index is -1.59. The number of carbonyl (C=O) groups is 7. The minimum Gasteiger partial charge on any atom is -0.480 e. The van der Waals surface area contributed by atoms with E-state index >= 15 is 0 Å². The predicted octanol–water partition coefficient (Wildman–Crippen LogP) is -3.85. The van der Waals surface area contributed by atoms with Crippen molar-refractivity contribution in [2.75, 3.05) is 13.2 Å². The second kappa shape index (κ2) is 18.7. The van der Waals surface area contributed by atoms with Crippen LogP contribution >= 0.6 is 0 Å². The van der Waals surface area contributed by atoms with E-state index in [-0.39, 0.29) is 31.7 Å². The largest absolute Gasteiger partial charge is 0.480 e. The Morgan fingerprint density at radius 3 is 2.08 bits per heavy atom. The highest BCUT2D eigenvalue weighted by Crippen LogP contribution is 2.20. The third-order valence-electron chi connectivity index (χ3n) is 7.75. The van der Waals surface area contributed by atoms with Gasteiger partial charge in [-0.15, -0.1) is 0 Å². The number of likely N-dealkylation sites (tertiary alicyclic amines) is 1. The summed E-state index contributed by atoms with van der Waals surface area (Å²) >= 11 is 0. The van der Waals surface area contributed by atoms with E-state index in [1.165, 1.54) is 6.92 Å². The Balaban J connectivity index is 2.29. The van der Waals surface area contributed by atoms with Gasteiger partial charge in [0.1, 0.15) is 36.8 Å². The van der Waals surface area contributed by atoms with Crippen molar-refractivity contribution >= 4 is 41.4 Å². The monoisotopic (exact) mass is 678 g/mol. The summed E-state index contributed by atoms with van der Waals surface area (Å²) in [7, 11) is 0. The summed E-state index contributed by atoms with van der Waals surface area (Å²) in [6, 6.07) is 0.890. The number of nitrogens with zero attached hydrogens (tertiary/aromatic N) is 1. The van der Waals surface area contributed by atoms with Crippen LogP contribution in [0.3, 0.4) is 0 Å². The van der Waals surface area contributed by atoms with Gasteiger partial charge in [0.15, 0.2) is 6.04 Å². The van der Waals surface area contributed by atoms with Gasteiger partial charge in [-0.05, 0) is 37.7 Å². The van der Waals surface area contributed by atoms with Gasteiger partial charge in [-0.25, -0.2) is 4.79 Å². The fraction of sp³-hybridized carbons (Fsp3) is 0.581. The molecule has 17 heteroatoms. The zero-order valence-corrected chi connectivity index (χ0v) is 27.4. The first-order chi connectivity index (χ1) is 22.5. The third-order valence-corrected chi connectivity index (χ3v) is 7.75. The Kier molecular flexibility index (Phi) is 15.4. The summed E-state index contributed by atoms with van der Waals surface area (Å²) in [5.74, 6) is -6.39. The van der Waals surface area contributed by atoms with Crippen LogP contribution in [-0.2, 0) is 40.0 Å². The molecular weight excluding hydrogens is 630 g/mol. The molecule has 0 bridgehead atoms. The molecule has 48 heavy (non-hydrogen) atoms. The Hall–Kier alpha value is -4.61. The van der Waals surface area contributed by atoms with Crippen LogP contribution in [0, 0.1) is 5.92 Å². The minimum absolute atomic E-state index is 0.0182. The van der Waals surface area contributed by atoms with Crippen molar-refractivity contribution in [2.24, 2.45) is 11.7 Å². The van der Waals surface area contributed by atoms with Gasteiger partial charge >= 0.3 is 5.97 Å². The van der Waals surface area contributed by atoms with Gasteiger partial charge in [0, 0.05) is 13.0 Å². The van der Waals surface area contributed by atoms with Crippen LogP contribution in [0.4, 0.5) is 0 Å². The van der Waals surface area contributed by atoms with Crippen LogP contribution in [0.15, 0.2) is 30.3 Å². The first-order valence-electron chi connectivity index (χ1n) is 15.7. The number of aliphatic hydroxyl groups excluding tert-OH is 2. The Morgan fingerprint density at radius 1 is 0.917 bits per heavy atom. The molecule has 266 valence electrons. The summed E-state index contributed by atoms with van der Waals surface area (Å²) in [5.41, 5.74) is 9.47. The molecule has 1 aromatic carbocycles. The lowest BCUT2D eigenvalue weighted by molar-refractivity contribution is -0.409. The Bertz CT molecular complexity index is 1310. The van der Waals surface area contributed by atoms with Crippen molar-refractivity contribution in [2.45, 2.75) is 95.2 Å². The summed E-state index contributed by atoms with van der Waals surface area (Å²) < 4.78 is 0. The Morgan fingerprint density at radius 2 is 1.54 bits per heavy atom. The summed E-state index contributed by atoms with van der Waals surface area (Å²) in [4.78, 5) is 91.0. The van der Waals surface area contributed by atoms with Crippen LogP contribution in [0.2, 0.25) is 0 Å². The maximum Gasteiger partial charge on any atom is 0.326 e. The Labute approximate surface area is 278 Å². The molecule has 1 aliphatic heterocycles. The summed E-state index contributed by atoms with van der Waals surface area (Å²) in [6.07, 6.45) is -1.41. The average molecular weight is 679 g/mol. The molecule has 12 N–H and O–H groups in total. The quantitative estimate of drug-likeness (QED) is 0.0729. The lowest BCUT2D eigenvalue weighted by atomic mass is 10.0. The average Bonchev–Trinajstić information content (AvgIpc) is 3.51. The molecule has 6 amide bonds. The highest BCUT2D eigenvalue weighted by molar-refractivity contribution is 5.98. The van der Waals surface area contributed by atoms with E-state index < -0.39 is 96.8 Å². The van der Waals surface area contributed by atoms with Crippen molar-refractivity contribution in [3.05, 3.63) is 35.9 Å². The van der Waals surface area contributed by atoms with Crippen molar-refractivity contribution in [3.63, 3.8) is 0 Å². The fourth-order valence-electron chi connectivity index (χ4n) is 5.22. The van der Waals surface area contributed by atoms with Crippen molar-refractivity contribution < 1.29 is 54.6 Å². The van der Waals surface area contributed by atoms with Crippen LogP contribution in [0.25, 0.3) is 0 Å². The molecule has 0 saturated carbocycles. The second-order valence-electron chi connectivity index (χ2n) is 12.3. The zero-order chi connectivity index (χ0) is 36.1. The van der Waals surface area contributed by atoms with Crippen LogP contribution in [0.1, 0.15) is 52.0 Å². The highest BCUT2D eigenvalue weighted by atomic mass is 16.4. The maximum atomic E-state index is 13.7. The van der Waals surface area contributed by atoms with Crippen molar-refractivity contribution in [3.8, 4) is 0 Å². The lowest BCUT2D eigenvalue weighted by Gasteiger charge is -2.31. The van der Waals surface area contributed by atoms with E-state index in [0.717, 1.165) is 4.90 Å². The molecule has 0 radical (unpaired) electrons. The molecule has 1 fully saturated rings. The van der Waals surface area contributed by atoms with Gasteiger partial charge in [-0.3, -0.25) is 28.8 Å². The number of carboxylic acid groups (broad SMARTS) is 1. The molecule has 1 aromatic rings. The topological polar surface area (TPSA) is 285 Å². The zero-order valence-electron chi connectivity index (χ0n) is 27.4. The standard InChI is InChI=1S/C31H47N7O10/c1-16(2)12-22(31(47)48)36-27(43)20(13-18-8-5-4-6-9-18)34-28(44)23-10-7-11-38(23)30(46)21(14-24(33)41)35-29(45)25(17(3)40)37-26(42)19(32)15-39/h4-6,8-9,16-17,19-23,25,39-40H,7,10-15,32H2,1-3H3,(H2,33,41)(H,34,44)(H,35,45)(H,36,43)(H,37,42)(H,47,48)/p+1/t17-,19+,20+,21+,22+,23+,25+/m1/s1. The molecule has 17 nitrogen and oxygen atoms in total. The van der Waals surface area contributed by atoms with Crippen molar-refractivity contribution in [1.29, 1.82) is 0 Å². The van der Waals surface area contributed by atoms with E-state index in [1.54, 1.807) is 44.2 Å². The summed E-state index contributed by atoms with van der Waals surface area (Å²) in [6.45, 7) is 4.24. The smallest absolute Gasteiger partial charge is 0.326 e. The lowest BCUT2D eigenvalue weighted by Crippen LogP contribution is -2.71. The number of hydrogen-bond donors (Lipinski definition) is 9. The number of amides is 6. The number of carboxylic acids is 1. The van der Waals surface area contributed by atoms with Crippen LogP contribution < -0.4 is 32.7 Å². The first-order valence-corrected chi connectivity index (χ1v) is 15.7. The number of rotatable bonds is 18. The molecule has 7 atom stereocenters. The number of nitrogens with one attached hydrogen (secondary N) is 4. The molecule has 0 spiro atoms. The van der Waals surface area contributed by atoms with Crippen LogP contribution in [0.5, 0.6) is 0 Å². The molecular formula is C31H48N7O10+. The SMILES string of the molecule is CC(C)C[C@H](NC(=O)[C@H](Cc1ccccc1)NC(=O)[C@@H]1CCCN1C(=O)[C@H](CC(N)=O)NC(=O)[C@@H](NC(=O)[C@@H]([NH3+])CO)[C@@H](C)O)C(=O)O. The van der Waals surface area contributed by atoms with Crippen LogP contribution in [-0.4, -0.2) is 117 Å². The van der Waals surface area contributed by atoms with Gasteiger partial charge in [-0.2, -0.15) is 0 Å². The maximum absolute atomic E-state index is 13.7. The number of carbonyl (C=O) groups excluding carboxylic acids is 6. The predicted molar refractivity (Wildman–Crippen MR) is 169 cm³/mol. The fourth-order valence-corrected chi connectivity index (χ4v) is 5.22. The molecule has 0 unspecified atom stereocenters. The van der Waals surface area contributed by atoms with E-state index in [9.17, 15) is 48.9 Å². The molecule has 0 aliphatic carbocycles. The molecule has 1 aliphatic rings. The van der Waals surface area contributed by atoms with Crippen molar-refractivity contribution in [1.82, 2.24) is 26.2 Å². The van der Waals surface area contributed by atoms with Gasteiger partial charge in [0.05, 0.1) is 12.5 Å². The molecule has 1 saturated heterocycles. The van der Waals surface area contributed by atoms with Gasteiger partial charge in [0.2, 0.25) is 29.5 Å². The van der Waals surface area contributed by atoms with Gasteiger partial charge < -0.3 is 53.0 Å². The number of quaternary nitrogens is 1. The van der Waals surface area contributed by atoms with Gasteiger partial charge in [-0.1, -0.05) is 44.2 Å². The molecule has 2 rings (SSSR count). The summed E-state index contributed by atoms with van der Waals surface area (Å²) in [5, 5.41) is 38.7. The molecule has 0 aromatic heterocycles. The number of nitrogens with two attached hydrogens (primary N) is 1. The number of aliphatic carboxylic acids is 1. The third kappa shape index (κ3) is 11.9. The van der Waals surface area contributed by atoms with E-state index in [0.29, 0.717) is 12.0 Å². The number of hydrogen-bond acceptors (Lipinski definition) is 9. The second-order valence-corrected chi connectivity index (χ2v) is 12.3. The van der Waals surface area contributed by atoms with E-state index in [1.807, 2.05) is 0 Å².